The summed E-state index contributed by atoms with van der Waals surface area (Å²) < 4.78 is 21.8. The molecule has 0 bridgehead atoms. The van der Waals surface area contributed by atoms with Crippen molar-refractivity contribution in [3.8, 4) is 23.0 Å². The molecule has 9 nitrogen and oxygen atoms in total. The van der Waals surface area contributed by atoms with E-state index in [9.17, 15) is 19.5 Å². The van der Waals surface area contributed by atoms with Gasteiger partial charge in [-0.2, -0.15) is 11.8 Å². The van der Waals surface area contributed by atoms with E-state index in [0.717, 1.165) is 0 Å². The molecule has 180 valence electrons. The first-order valence-corrected chi connectivity index (χ1v) is 11.7. The molecule has 1 heterocycles. The van der Waals surface area contributed by atoms with Crippen molar-refractivity contribution < 1.29 is 38.4 Å². The standard InChI is InChI=1S/C24H25NO8S/c1-30-15-5-7-19(31-2)14(10-15)11-21-23(27)17-6-4-16(12-20(17)33-21)32-13-22(26)25-18(24(28)29)8-9-34-3/h4-7,10-12,18H,8-9,13H2,1-3H3,(H,25,26)(H,28,29). The monoisotopic (exact) mass is 487 g/mol. The zero-order chi connectivity index (χ0) is 24.7. The summed E-state index contributed by atoms with van der Waals surface area (Å²) in [5.74, 6) is 0.492. The lowest BCUT2D eigenvalue weighted by Crippen LogP contribution is -2.43. The van der Waals surface area contributed by atoms with Crippen LogP contribution < -0.4 is 24.3 Å². The van der Waals surface area contributed by atoms with Gasteiger partial charge in [-0.15, -0.1) is 0 Å². The van der Waals surface area contributed by atoms with E-state index in [1.54, 1.807) is 43.5 Å². The topological polar surface area (TPSA) is 120 Å². The first kappa shape index (κ1) is 25.0. The number of carbonyl (C=O) groups is 3. The fourth-order valence-electron chi connectivity index (χ4n) is 3.23. The fraction of sp³-hybridized carbons (Fsp3) is 0.292. The summed E-state index contributed by atoms with van der Waals surface area (Å²) in [6, 6.07) is 8.82. The van der Waals surface area contributed by atoms with Crippen LogP contribution in [0.4, 0.5) is 0 Å². The summed E-state index contributed by atoms with van der Waals surface area (Å²) in [5, 5.41) is 11.7. The van der Waals surface area contributed by atoms with Crippen LogP contribution in [0.5, 0.6) is 23.0 Å². The van der Waals surface area contributed by atoms with Crippen LogP contribution >= 0.6 is 11.8 Å². The molecular formula is C24H25NO8S. The number of carboxylic acid groups (broad SMARTS) is 1. The van der Waals surface area contributed by atoms with Gasteiger partial charge in [-0.25, -0.2) is 4.79 Å². The Balaban J connectivity index is 1.68. The minimum atomic E-state index is -1.10. The third kappa shape index (κ3) is 6.02. The maximum absolute atomic E-state index is 12.8. The highest BCUT2D eigenvalue weighted by Crippen LogP contribution is 2.36. The molecule has 0 aliphatic carbocycles. The zero-order valence-corrected chi connectivity index (χ0v) is 19.8. The van der Waals surface area contributed by atoms with Gasteiger partial charge in [0.05, 0.1) is 19.8 Å². The first-order chi connectivity index (χ1) is 16.4. The second kappa shape index (κ2) is 11.5. The molecule has 34 heavy (non-hydrogen) atoms. The SMILES string of the molecule is COc1ccc(OC)c(C=C2Oc3cc(OCC(=O)NC(CCSC)C(=O)O)ccc3C2=O)c1. The third-order valence-corrected chi connectivity index (χ3v) is 5.62. The van der Waals surface area contributed by atoms with Crippen molar-refractivity contribution in [1.29, 1.82) is 0 Å². The van der Waals surface area contributed by atoms with Gasteiger partial charge >= 0.3 is 5.97 Å². The molecule has 2 aromatic rings. The van der Waals surface area contributed by atoms with E-state index in [2.05, 4.69) is 5.32 Å². The molecule has 1 aliphatic rings. The van der Waals surface area contributed by atoms with E-state index in [1.165, 1.54) is 24.9 Å². The molecule has 0 radical (unpaired) electrons. The van der Waals surface area contributed by atoms with Crippen molar-refractivity contribution in [2.45, 2.75) is 12.5 Å². The normalized spacial score (nSPS) is 14.2. The molecule has 1 atom stereocenters. The predicted molar refractivity (Wildman–Crippen MR) is 127 cm³/mol. The Hall–Kier alpha value is -3.66. The number of allylic oxidation sites excluding steroid dienone is 1. The first-order valence-electron chi connectivity index (χ1n) is 10.3. The number of ketones is 1. The molecule has 0 saturated heterocycles. The Morgan fingerprint density at radius 1 is 1.15 bits per heavy atom. The van der Waals surface area contributed by atoms with Crippen molar-refractivity contribution >= 4 is 35.5 Å². The highest BCUT2D eigenvalue weighted by molar-refractivity contribution is 7.98. The Labute approximate surface area is 201 Å². The van der Waals surface area contributed by atoms with Gasteiger partial charge in [0, 0.05) is 11.6 Å². The summed E-state index contributed by atoms with van der Waals surface area (Å²) in [7, 11) is 3.07. The average Bonchev–Trinajstić information content (AvgIpc) is 3.14. The molecule has 10 heteroatoms. The van der Waals surface area contributed by atoms with Crippen LogP contribution in [0.15, 0.2) is 42.2 Å². The number of thioether (sulfide) groups is 1. The summed E-state index contributed by atoms with van der Waals surface area (Å²) in [5.41, 5.74) is 0.966. The van der Waals surface area contributed by atoms with Gasteiger partial charge in [0.2, 0.25) is 5.78 Å². The Morgan fingerprint density at radius 3 is 2.59 bits per heavy atom. The molecule has 3 rings (SSSR count). The number of methoxy groups -OCH3 is 2. The number of nitrogens with one attached hydrogen (secondary N) is 1. The number of rotatable bonds is 11. The maximum Gasteiger partial charge on any atom is 0.326 e. The fourth-order valence-corrected chi connectivity index (χ4v) is 3.70. The van der Waals surface area contributed by atoms with Gasteiger partial charge in [-0.05, 0) is 54.8 Å². The second-order valence-electron chi connectivity index (χ2n) is 7.23. The lowest BCUT2D eigenvalue weighted by Gasteiger charge is -2.14. The number of carboxylic acids is 1. The van der Waals surface area contributed by atoms with Crippen LogP contribution in [0.25, 0.3) is 6.08 Å². The number of hydrogen-bond acceptors (Lipinski definition) is 8. The van der Waals surface area contributed by atoms with Gasteiger partial charge in [0.1, 0.15) is 29.0 Å². The van der Waals surface area contributed by atoms with E-state index in [-0.39, 0.29) is 18.1 Å². The minimum Gasteiger partial charge on any atom is -0.497 e. The van der Waals surface area contributed by atoms with E-state index in [0.29, 0.717) is 46.3 Å². The molecule has 1 amide bonds. The van der Waals surface area contributed by atoms with Gasteiger partial charge in [-0.1, -0.05) is 0 Å². The van der Waals surface area contributed by atoms with E-state index >= 15 is 0 Å². The lowest BCUT2D eigenvalue weighted by molar-refractivity contribution is -0.142. The molecule has 2 N–H and O–H groups in total. The van der Waals surface area contributed by atoms with Crippen LogP contribution in [0.2, 0.25) is 0 Å². The van der Waals surface area contributed by atoms with Crippen LogP contribution in [-0.4, -0.2) is 61.6 Å². The minimum absolute atomic E-state index is 0.106. The Bertz CT molecular complexity index is 1110. The van der Waals surface area contributed by atoms with E-state index in [1.807, 2.05) is 6.26 Å². The lowest BCUT2D eigenvalue weighted by atomic mass is 10.1. The van der Waals surface area contributed by atoms with Gasteiger partial charge < -0.3 is 29.4 Å². The van der Waals surface area contributed by atoms with Crippen LogP contribution in [0.1, 0.15) is 22.3 Å². The Kier molecular flexibility index (Phi) is 8.42. The van der Waals surface area contributed by atoms with Crippen molar-refractivity contribution in [3.05, 3.63) is 53.3 Å². The smallest absolute Gasteiger partial charge is 0.326 e. The van der Waals surface area contributed by atoms with E-state index in [4.69, 9.17) is 18.9 Å². The molecule has 0 saturated carbocycles. The quantitative estimate of drug-likeness (QED) is 0.461. The second-order valence-corrected chi connectivity index (χ2v) is 8.22. The van der Waals surface area contributed by atoms with Crippen molar-refractivity contribution in [2.75, 3.05) is 32.8 Å². The van der Waals surface area contributed by atoms with Gasteiger partial charge in [-0.3, -0.25) is 9.59 Å². The van der Waals surface area contributed by atoms with Gasteiger partial charge in [0.25, 0.3) is 5.91 Å². The highest BCUT2D eigenvalue weighted by Gasteiger charge is 2.28. The number of aliphatic carboxylic acids is 1. The molecular weight excluding hydrogens is 462 g/mol. The van der Waals surface area contributed by atoms with Crippen molar-refractivity contribution in [2.24, 2.45) is 0 Å². The predicted octanol–water partition coefficient (Wildman–Crippen LogP) is 3.02. The average molecular weight is 488 g/mol. The van der Waals surface area contributed by atoms with Crippen molar-refractivity contribution in [1.82, 2.24) is 5.32 Å². The molecule has 0 aromatic heterocycles. The molecule has 0 fully saturated rings. The number of ether oxygens (including phenoxy) is 4. The van der Waals surface area contributed by atoms with Gasteiger partial charge in [0.15, 0.2) is 12.4 Å². The van der Waals surface area contributed by atoms with Crippen LogP contribution in [0, 0.1) is 0 Å². The number of amides is 1. The summed E-state index contributed by atoms with van der Waals surface area (Å²) in [6.07, 6.45) is 3.74. The maximum atomic E-state index is 12.8. The summed E-state index contributed by atoms with van der Waals surface area (Å²) in [4.78, 5) is 36.2. The number of benzene rings is 2. The Morgan fingerprint density at radius 2 is 1.91 bits per heavy atom. The van der Waals surface area contributed by atoms with Crippen LogP contribution in [-0.2, 0) is 9.59 Å². The number of Topliss-reactive ketones (excluding diaryl/α,β-unsaturated/α-hetero) is 1. The summed E-state index contributed by atoms with van der Waals surface area (Å²) >= 11 is 1.50. The van der Waals surface area contributed by atoms with Crippen LogP contribution in [0.3, 0.4) is 0 Å². The largest absolute Gasteiger partial charge is 0.497 e. The zero-order valence-electron chi connectivity index (χ0n) is 19.0. The molecule has 1 unspecified atom stereocenters. The summed E-state index contributed by atoms with van der Waals surface area (Å²) in [6.45, 7) is -0.376. The third-order valence-electron chi connectivity index (χ3n) is 4.98. The van der Waals surface area contributed by atoms with E-state index < -0.39 is 17.9 Å². The number of hydrogen-bond donors (Lipinski definition) is 2. The molecule has 2 aromatic carbocycles. The molecule has 1 aliphatic heterocycles. The molecule has 0 spiro atoms. The van der Waals surface area contributed by atoms with Crippen molar-refractivity contribution in [3.63, 3.8) is 0 Å². The number of carbonyl (C=O) groups excluding carboxylic acids is 2. The number of fused-ring (bicyclic) bond motifs is 1. The highest BCUT2D eigenvalue weighted by atomic mass is 32.2.